The summed E-state index contributed by atoms with van der Waals surface area (Å²) in [5.41, 5.74) is 1.15. The smallest absolute Gasteiger partial charge is 0.303 e. The van der Waals surface area contributed by atoms with Gasteiger partial charge in [-0.3, -0.25) is 14.4 Å². The molecule has 0 saturated carbocycles. The lowest BCUT2D eigenvalue weighted by atomic mass is 9.91. The molecule has 1 aliphatic heterocycles. The van der Waals surface area contributed by atoms with Gasteiger partial charge in [-0.1, -0.05) is 42.5 Å². The molecule has 0 spiro atoms. The Morgan fingerprint density at radius 2 is 2.03 bits per heavy atom. The molecule has 0 bridgehead atoms. The van der Waals surface area contributed by atoms with Crippen LogP contribution in [-0.4, -0.2) is 48.3 Å². The zero-order valence-corrected chi connectivity index (χ0v) is 16.7. The van der Waals surface area contributed by atoms with Crippen LogP contribution in [0.5, 0.6) is 0 Å². The number of carbonyl (C=O) groups is 3. The first kappa shape index (κ1) is 22.8. The van der Waals surface area contributed by atoms with Crippen molar-refractivity contribution in [3.8, 4) is 0 Å². The number of amides is 1. The third-order valence-electron chi connectivity index (χ3n) is 4.87. The maximum Gasteiger partial charge on any atom is 0.303 e. The molecular formula is C22H29NO6. The molecule has 7 heteroatoms. The molecule has 1 aromatic carbocycles. The van der Waals surface area contributed by atoms with Gasteiger partial charge in [0, 0.05) is 12.3 Å². The number of hydrogen-bond donors (Lipinski definition) is 2. The summed E-state index contributed by atoms with van der Waals surface area (Å²) < 4.78 is 12.1. The highest BCUT2D eigenvalue weighted by Gasteiger charge is 2.39. The van der Waals surface area contributed by atoms with Gasteiger partial charge < -0.3 is 19.9 Å². The molecule has 1 aliphatic rings. The normalized spacial score (nSPS) is 24.3. The van der Waals surface area contributed by atoms with E-state index in [-0.39, 0.29) is 31.3 Å². The number of rotatable bonds is 11. The lowest BCUT2D eigenvalue weighted by Gasteiger charge is -2.43. The molecule has 0 aliphatic carbocycles. The molecule has 3 atom stereocenters. The summed E-state index contributed by atoms with van der Waals surface area (Å²) in [6, 6.07) is 10.0. The number of hydrogen-bond acceptors (Lipinski definition) is 5. The van der Waals surface area contributed by atoms with Gasteiger partial charge in [0.05, 0.1) is 19.3 Å². The number of benzene rings is 1. The van der Waals surface area contributed by atoms with Crippen molar-refractivity contribution in [2.45, 2.75) is 50.9 Å². The lowest BCUT2D eigenvalue weighted by molar-refractivity contribution is -0.297. The maximum atomic E-state index is 11.3. The summed E-state index contributed by atoms with van der Waals surface area (Å²) >= 11 is 0. The summed E-state index contributed by atoms with van der Waals surface area (Å²) in [5.74, 6) is -2.36. The van der Waals surface area contributed by atoms with Gasteiger partial charge in [-0.05, 0) is 38.2 Å². The van der Waals surface area contributed by atoms with Gasteiger partial charge in [0.2, 0.25) is 6.29 Å². The van der Waals surface area contributed by atoms with Crippen LogP contribution in [0.15, 0.2) is 42.5 Å². The third kappa shape index (κ3) is 8.17. The summed E-state index contributed by atoms with van der Waals surface area (Å²) in [6.45, 7) is 2.31. The van der Waals surface area contributed by atoms with E-state index in [1.807, 2.05) is 42.5 Å². The standard InChI is InChI=1S/C22H29NO6/c1-22(16-23-20(25)14-24)28-15-18(11-7-2-3-8-12-21(26)27)19(29-22)13-17-9-5-4-6-10-17/h2,4-7,9-10,14,18-19H,3,8,11-13,15-16H2,1H3,(H,23,25)(H,26,27)/t18-,19+,22+/m0/s1. The fourth-order valence-electron chi connectivity index (χ4n) is 3.26. The molecule has 1 heterocycles. The van der Waals surface area contributed by atoms with Crippen LogP contribution in [0, 0.1) is 5.92 Å². The molecule has 0 unspecified atom stereocenters. The Bertz CT molecular complexity index is 705. The average molecular weight is 403 g/mol. The molecule has 2 rings (SSSR count). The topological polar surface area (TPSA) is 102 Å². The highest BCUT2D eigenvalue weighted by Crippen LogP contribution is 2.30. The molecule has 1 aromatic rings. The molecule has 7 nitrogen and oxygen atoms in total. The van der Waals surface area contributed by atoms with Gasteiger partial charge in [0.1, 0.15) is 0 Å². The Kier molecular flexibility index (Phi) is 9.02. The van der Waals surface area contributed by atoms with E-state index < -0.39 is 17.7 Å². The zero-order valence-electron chi connectivity index (χ0n) is 16.7. The largest absolute Gasteiger partial charge is 0.481 e. The van der Waals surface area contributed by atoms with Crippen molar-refractivity contribution in [3.63, 3.8) is 0 Å². The molecule has 1 amide bonds. The van der Waals surface area contributed by atoms with E-state index in [0.717, 1.165) is 18.4 Å². The first-order valence-electron chi connectivity index (χ1n) is 9.87. The number of nitrogens with one attached hydrogen (secondary N) is 1. The van der Waals surface area contributed by atoms with E-state index in [4.69, 9.17) is 14.6 Å². The fourth-order valence-corrected chi connectivity index (χ4v) is 3.26. The molecule has 1 fully saturated rings. The second kappa shape index (κ2) is 11.5. The van der Waals surface area contributed by atoms with Crippen LogP contribution >= 0.6 is 0 Å². The number of allylic oxidation sites excluding steroid dienone is 2. The van der Waals surface area contributed by atoms with E-state index in [2.05, 4.69) is 5.32 Å². The van der Waals surface area contributed by atoms with E-state index in [0.29, 0.717) is 19.4 Å². The van der Waals surface area contributed by atoms with Crippen LogP contribution in [-0.2, 0) is 30.3 Å². The molecule has 158 valence electrons. The van der Waals surface area contributed by atoms with Crippen molar-refractivity contribution in [2.24, 2.45) is 5.92 Å². The first-order valence-corrected chi connectivity index (χ1v) is 9.87. The Morgan fingerprint density at radius 1 is 1.28 bits per heavy atom. The number of carboxylic acids is 1. The summed E-state index contributed by atoms with van der Waals surface area (Å²) in [4.78, 5) is 32.4. The van der Waals surface area contributed by atoms with Crippen molar-refractivity contribution >= 4 is 18.2 Å². The van der Waals surface area contributed by atoms with Gasteiger partial charge in [-0.25, -0.2) is 0 Å². The number of carbonyl (C=O) groups excluding carboxylic acids is 2. The lowest BCUT2D eigenvalue weighted by Crippen LogP contribution is -2.54. The highest BCUT2D eigenvalue weighted by molar-refractivity contribution is 6.23. The Labute approximate surface area is 171 Å². The molecule has 0 radical (unpaired) electrons. The monoisotopic (exact) mass is 403 g/mol. The van der Waals surface area contributed by atoms with E-state index in [9.17, 15) is 14.4 Å². The summed E-state index contributed by atoms with van der Waals surface area (Å²) in [6.07, 6.45) is 7.13. The minimum atomic E-state index is -1.00. The summed E-state index contributed by atoms with van der Waals surface area (Å²) in [5, 5.41) is 11.2. The zero-order chi connectivity index (χ0) is 21.1. The highest BCUT2D eigenvalue weighted by atomic mass is 16.7. The van der Waals surface area contributed by atoms with Crippen LogP contribution in [0.2, 0.25) is 0 Å². The van der Waals surface area contributed by atoms with Gasteiger partial charge in [0.25, 0.3) is 5.91 Å². The minimum Gasteiger partial charge on any atom is -0.481 e. The van der Waals surface area contributed by atoms with E-state index in [1.54, 1.807) is 6.92 Å². The summed E-state index contributed by atoms with van der Waals surface area (Å²) in [7, 11) is 0. The average Bonchev–Trinajstić information content (AvgIpc) is 2.71. The Balaban J connectivity index is 1.97. The van der Waals surface area contributed by atoms with Gasteiger partial charge in [-0.15, -0.1) is 0 Å². The second-order valence-electron chi connectivity index (χ2n) is 7.38. The third-order valence-corrected chi connectivity index (χ3v) is 4.87. The van der Waals surface area contributed by atoms with Gasteiger partial charge >= 0.3 is 5.97 Å². The van der Waals surface area contributed by atoms with Crippen LogP contribution in [0.3, 0.4) is 0 Å². The molecule has 2 N–H and O–H groups in total. The Hall–Kier alpha value is -2.51. The van der Waals surface area contributed by atoms with Crippen molar-refractivity contribution in [1.82, 2.24) is 5.32 Å². The van der Waals surface area contributed by atoms with Crippen molar-refractivity contribution in [1.29, 1.82) is 0 Å². The number of ether oxygens (including phenoxy) is 2. The molecule has 29 heavy (non-hydrogen) atoms. The fraction of sp³-hybridized carbons (Fsp3) is 0.500. The first-order chi connectivity index (χ1) is 13.9. The van der Waals surface area contributed by atoms with E-state index in [1.165, 1.54) is 0 Å². The maximum absolute atomic E-state index is 11.3. The van der Waals surface area contributed by atoms with Crippen LogP contribution < -0.4 is 5.32 Å². The van der Waals surface area contributed by atoms with E-state index >= 15 is 0 Å². The number of carboxylic acid groups (broad SMARTS) is 1. The van der Waals surface area contributed by atoms with Gasteiger partial charge in [0.15, 0.2) is 5.79 Å². The predicted octanol–water partition coefficient (Wildman–Crippen LogP) is 2.49. The predicted molar refractivity (Wildman–Crippen MR) is 107 cm³/mol. The molecular weight excluding hydrogens is 374 g/mol. The van der Waals surface area contributed by atoms with Crippen molar-refractivity contribution in [3.05, 3.63) is 48.0 Å². The quantitative estimate of drug-likeness (QED) is 0.255. The minimum absolute atomic E-state index is 0.0909. The number of aldehydes is 1. The number of aliphatic carboxylic acids is 1. The second-order valence-corrected chi connectivity index (χ2v) is 7.38. The van der Waals surface area contributed by atoms with Crippen molar-refractivity contribution < 1.29 is 29.0 Å². The van der Waals surface area contributed by atoms with Crippen molar-refractivity contribution in [2.75, 3.05) is 13.2 Å². The number of unbranched alkanes of at least 4 members (excludes halogenated alkanes) is 1. The SMILES string of the molecule is C[C@@]1(CNC(=O)C=O)OC[C@H](CC=CCCCC(=O)O)[C@@H](Cc2ccccc2)O1. The molecule has 1 saturated heterocycles. The molecule has 0 aromatic heterocycles. The van der Waals surface area contributed by atoms with Gasteiger partial charge in [-0.2, -0.15) is 0 Å². The van der Waals surface area contributed by atoms with Crippen LogP contribution in [0.25, 0.3) is 0 Å². The van der Waals surface area contributed by atoms with Crippen LogP contribution in [0.4, 0.5) is 0 Å². The Morgan fingerprint density at radius 3 is 2.72 bits per heavy atom. The van der Waals surface area contributed by atoms with Crippen LogP contribution in [0.1, 0.15) is 38.2 Å².